The van der Waals surface area contributed by atoms with E-state index < -0.39 is 12.1 Å². The fraction of sp³-hybridized carbons (Fsp3) is 0.533. The maximum Gasteiger partial charge on any atom is 0.253 e. The topological polar surface area (TPSA) is 81.7 Å². The Kier molecular flexibility index (Phi) is 13.8. The maximum absolute atomic E-state index is 13.4. The van der Waals surface area contributed by atoms with Crippen molar-refractivity contribution in [1.82, 2.24) is 15.5 Å². The van der Waals surface area contributed by atoms with Crippen LogP contribution in [-0.2, 0) is 0 Å². The number of nitrogens with one attached hydrogen (secondary N) is 2. The van der Waals surface area contributed by atoms with Gasteiger partial charge in [0, 0.05) is 41.4 Å². The van der Waals surface area contributed by atoms with Gasteiger partial charge in [0.1, 0.15) is 0 Å². The Morgan fingerprint density at radius 1 is 1.00 bits per heavy atom. The highest BCUT2D eigenvalue weighted by molar-refractivity contribution is 7.99. The first-order chi connectivity index (χ1) is 17.7. The Morgan fingerprint density at radius 3 is 2.27 bits per heavy atom. The number of amides is 2. The van der Waals surface area contributed by atoms with Crippen LogP contribution in [0.15, 0.2) is 53.4 Å². The molecule has 0 aliphatic carbocycles. The second-order valence-electron chi connectivity index (χ2n) is 10.0. The standard InChI is InChI=1S/C30H45N3O3S/c1-6-15-33(16-7-2)30(36)25-18-23(5)17-24(19-25)29(35)32-27(21-37-26-11-9-8-10-12-26)28(34)20-31-14-13-22(3)4/h8-12,17-19,22,27-28,31,34H,6-7,13-16,20-21H2,1-5H3,(H,32,35)/t27-,28+/m0/s1. The summed E-state index contributed by atoms with van der Waals surface area (Å²) in [6.45, 7) is 12.9. The Morgan fingerprint density at radius 2 is 1.65 bits per heavy atom. The van der Waals surface area contributed by atoms with Crippen LogP contribution in [0.5, 0.6) is 0 Å². The molecule has 0 fully saturated rings. The molecule has 2 rings (SSSR count). The number of carbonyl (C=O) groups is 2. The summed E-state index contributed by atoms with van der Waals surface area (Å²) in [6, 6.07) is 14.8. The van der Waals surface area contributed by atoms with Crippen LogP contribution in [0.3, 0.4) is 0 Å². The molecule has 6 nitrogen and oxygen atoms in total. The van der Waals surface area contributed by atoms with Crippen LogP contribution in [0.1, 0.15) is 73.2 Å². The molecule has 2 atom stereocenters. The lowest BCUT2D eigenvalue weighted by Gasteiger charge is -2.25. The van der Waals surface area contributed by atoms with Gasteiger partial charge in [-0.3, -0.25) is 9.59 Å². The van der Waals surface area contributed by atoms with Gasteiger partial charge >= 0.3 is 0 Å². The van der Waals surface area contributed by atoms with Crippen LogP contribution in [0.2, 0.25) is 0 Å². The molecule has 0 saturated carbocycles. The minimum absolute atomic E-state index is 0.0491. The van der Waals surface area contributed by atoms with Gasteiger partial charge in [0.2, 0.25) is 0 Å². The number of rotatable bonds is 16. The largest absolute Gasteiger partial charge is 0.390 e. The van der Waals surface area contributed by atoms with Crippen LogP contribution < -0.4 is 10.6 Å². The summed E-state index contributed by atoms with van der Waals surface area (Å²) in [7, 11) is 0. The van der Waals surface area contributed by atoms with E-state index in [0.29, 0.717) is 42.4 Å². The number of aliphatic hydroxyl groups is 1. The lowest BCUT2D eigenvalue weighted by molar-refractivity contribution is 0.0755. The first kappa shape index (κ1) is 30.9. The van der Waals surface area contributed by atoms with E-state index in [1.54, 1.807) is 23.9 Å². The van der Waals surface area contributed by atoms with Crippen LogP contribution in [0, 0.1) is 12.8 Å². The number of hydrogen-bond acceptors (Lipinski definition) is 5. The smallest absolute Gasteiger partial charge is 0.253 e. The molecule has 0 radical (unpaired) electrons. The summed E-state index contributed by atoms with van der Waals surface area (Å²) >= 11 is 1.60. The van der Waals surface area contributed by atoms with E-state index in [4.69, 9.17) is 0 Å². The van der Waals surface area contributed by atoms with E-state index in [2.05, 4.69) is 38.3 Å². The molecule has 3 N–H and O–H groups in total. The first-order valence-electron chi connectivity index (χ1n) is 13.5. The summed E-state index contributed by atoms with van der Waals surface area (Å²) in [5, 5.41) is 17.4. The third-order valence-electron chi connectivity index (χ3n) is 6.07. The Balaban J connectivity index is 2.17. The zero-order valence-electron chi connectivity index (χ0n) is 23.1. The van der Waals surface area contributed by atoms with Crippen LogP contribution in [-0.4, -0.2) is 65.9 Å². The Bertz CT molecular complexity index is 962. The van der Waals surface area contributed by atoms with E-state index in [0.717, 1.165) is 36.3 Å². The summed E-state index contributed by atoms with van der Waals surface area (Å²) in [6.07, 6.45) is 2.04. The predicted molar refractivity (Wildman–Crippen MR) is 154 cm³/mol. The number of thioether (sulfide) groups is 1. The predicted octanol–water partition coefficient (Wildman–Crippen LogP) is 5.14. The quantitative estimate of drug-likeness (QED) is 0.208. The van der Waals surface area contributed by atoms with Gasteiger partial charge in [0.05, 0.1) is 12.1 Å². The molecule has 0 aliphatic heterocycles. The molecular formula is C30H45N3O3S. The van der Waals surface area contributed by atoms with Crippen molar-refractivity contribution in [2.24, 2.45) is 5.92 Å². The average Bonchev–Trinajstić information content (AvgIpc) is 2.88. The fourth-order valence-corrected chi connectivity index (χ4v) is 5.09. The third-order valence-corrected chi connectivity index (χ3v) is 7.20. The number of nitrogens with zero attached hydrogens (tertiary/aromatic N) is 1. The second kappa shape index (κ2) is 16.5. The number of benzene rings is 2. The van der Waals surface area contributed by atoms with Crippen molar-refractivity contribution >= 4 is 23.6 Å². The summed E-state index contributed by atoms with van der Waals surface area (Å²) < 4.78 is 0. The molecule has 0 heterocycles. The molecule has 2 aromatic rings. The highest BCUT2D eigenvalue weighted by atomic mass is 32.2. The third kappa shape index (κ3) is 10.9. The molecule has 37 heavy (non-hydrogen) atoms. The van der Waals surface area contributed by atoms with Crippen molar-refractivity contribution in [3.8, 4) is 0 Å². The number of hydrogen-bond donors (Lipinski definition) is 3. The lowest BCUT2D eigenvalue weighted by atomic mass is 10.0. The minimum atomic E-state index is -0.747. The van der Waals surface area contributed by atoms with E-state index in [1.807, 2.05) is 48.2 Å². The van der Waals surface area contributed by atoms with Gasteiger partial charge in [-0.25, -0.2) is 0 Å². The van der Waals surface area contributed by atoms with Gasteiger partial charge in [-0.1, -0.05) is 45.9 Å². The highest BCUT2D eigenvalue weighted by Gasteiger charge is 2.23. The van der Waals surface area contributed by atoms with Gasteiger partial charge in [-0.2, -0.15) is 0 Å². The highest BCUT2D eigenvalue weighted by Crippen LogP contribution is 2.20. The van der Waals surface area contributed by atoms with Gasteiger partial charge in [-0.05, 0) is 74.5 Å². The zero-order chi connectivity index (χ0) is 27.2. The molecule has 0 bridgehead atoms. The van der Waals surface area contributed by atoms with Gasteiger partial charge in [-0.15, -0.1) is 11.8 Å². The van der Waals surface area contributed by atoms with Crippen LogP contribution >= 0.6 is 11.8 Å². The molecule has 0 unspecified atom stereocenters. The molecule has 204 valence electrons. The first-order valence-corrected chi connectivity index (χ1v) is 14.5. The van der Waals surface area contributed by atoms with E-state index in [9.17, 15) is 14.7 Å². The van der Waals surface area contributed by atoms with Crippen molar-refractivity contribution in [1.29, 1.82) is 0 Å². The summed E-state index contributed by atoms with van der Waals surface area (Å²) in [5.41, 5.74) is 1.82. The van der Waals surface area contributed by atoms with Gasteiger partial charge in [0.25, 0.3) is 11.8 Å². The van der Waals surface area contributed by atoms with E-state index in [-0.39, 0.29) is 11.8 Å². The monoisotopic (exact) mass is 527 g/mol. The normalized spacial score (nSPS) is 12.8. The van der Waals surface area contributed by atoms with Crippen molar-refractivity contribution in [2.45, 2.75) is 70.9 Å². The number of aryl methyl sites for hydroxylation is 1. The minimum Gasteiger partial charge on any atom is -0.390 e. The SMILES string of the molecule is CCCN(CCC)C(=O)c1cc(C)cc(C(=O)N[C@@H](CSc2ccccc2)[C@H](O)CNCCC(C)C)c1. The summed E-state index contributed by atoms with van der Waals surface area (Å²) in [5.74, 6) is 0.779. The van der Waals surface area contributed by atoms with Crippen LogP contribution in [0.25, 0.3) is 0 Å². The molecule has 2 aromatic carbocycles. The molecule has 0 saturated heterocycles. The fourth-order valence-electron chi connectivity index (χ4n) is 4.06. The summed E-state index contributed by atoms with van der Waals surface area (Å²) in [4.78, 5) is 29.5. The number of carbonyl (C=O) groups excluding carboxylic acids is 2. The Labute approximate surface area is 227 Å². The van der Waals surface area contributed by atoms with E-state index >= 15 is 0 Å². The van der Waals surface area contributed by atoms with Gasteiger partial charge < -0.3 is 20.6 Å². The van der Waals surface area contributed by atoms with Crippen molar-refractivity contribution < 1.29 is 14.7 Å². The molecule has 7 heteroatoms. The van der Waals surface area contributed by atoms with Crippen molar-refractivity contribution in [2.75, 3.05) is 31.9 Å². The Hall–Kier alpha value is -2.35. The average molecular weight is 528 g/mol. The molecule has 0 aromatic heterocycles. The molecule has 0 spiro atoms. The lowest BCUT2D eigenvalue weighted by Crippen LogP contribution is -2.49. The van der Waals surface area contributed by atoms with Crippen molar-refractivity contribution in [3.05, 3.63) is 65.2 Å². The van der Waals surface area contributed by atoms with Crippen molar-refractivity contribution in [3.63, 3.8) is 0 Å². The van der Waals surface area contributed by atoms with Crippen LogP contribution in [0.4, 0.5) is 0 Å². The maximum atomic E-state index is 13.4. The molecule has 2 amide bonds. The van der Waals surface area contributed by atoms with Gasteiger partial charge in [0.15, 0.2) is 0 Å². The number of aliphatic hydroxyl groups excluding tert-OH is 1. The molecule has 0 aliphatic rings. The second-order valence-corrected chi connectivity index (χ2v) is 11.1. The zero-order valence-corrected chi connectivity index (χ0v) is 23.9. The van der Waals surface area contributed by atoms with E-state index in [1.165, 1.54) is 0 Å². The molecular weight excluding hydrogens is 482 g/mol.